The molecule has 0 spiro atoms. The highest BCUT2D eigenvalue weighted by molar-refractivity contribution is 5.80. The molecule has 21 heavy (non-hydrogen) atoms. The largest absolute Gasteiger partial charge is 0.573 e. The monoisotopic (exact) mass is 294 g/mol. The summed E-state index contributed by atoms with van der Waals surface area (Å²) in [6.07, 6.45) is -1.60. The van der Waals surface area contributed by atoms with Gasteiger partial charge < -0.3 is 9.72 Å². The number of aromatic amines is 1. The van der Waals surface area contributed by atoms with Crippen molar-refractivity contribution in [1.29, 1.82) is 0 Å². The molecule has 0 atom stereocenters. The molecular weight excluding hydrogens is 285 g/mol. The SMILES string of the molecule is Cc1cnc(-c2nc3ccc(OC(F)(F)F)cc3[nH]2)cn1. The second-order valence-electron chi connectivity index (χ2n) is 4.36. The quantitative estimate of drug-likeness (QED) is 0.788. The summed E-state index contributed by atoms with van der Waals surface area (Å²) >= 11 is 0. The number of rotatable bonds is 2. The number of nitrogens with one attached hydrogen (secondary N) is 1. The Morgan fingerprint density at radius 1 is 1.14 bits per heavy atom. The third-order valence-corrected chi connectivity index (χ3v) is 2.71. The van der Waals surface area contributed by atoms with E-state index in [-0.39, 0.29) is 5.75 Å². The van der Waals surface area contributed by atoms with Crippen LogP contribution in [0.15, 0.2) is 30.6 Å². The van der Waals surface area contributed by atoms with Crippen molar-refractivity contribution in [3.8, 4) is 17.3 Å². The first-order chi connectivity index (χ1) is 9.90. The Bertz CT molecular complexity index is 780. The third kappa shape index (κ3) is 2.93. The molecule has 0 bridgehead atoms. The Kier molecular flexibility index (Phi) is 3.00. The first-order valence-electron chi connectivity index (χ1n) is 5.95. The van der Waals surface area contributed by atoms with Gasteiger partial charge >= 0.3 is 6.36 Å². The van der Waals surface area contributed by atoms with E-state index in [0.29, 0.717) is 22.6 Å². The van der Waals surface area contributed by atoms with Crippen molar-refractivity contribution >= 4 is 11.0 Å². The van der Waals surface area contributed by atoms with Gasteiger partial charge in [-0.05, 0) is 19.1 Å². The van der Waals surface area contributed by atoms with Gasteiger partial charge in [-0.15, -0.1) is 13.2 Å². The molecule has 3 rings (SSSR count). The minimum atomic E-state index is -4.72. The smallest absolute Gasteiger partial charge is 0.406 e. The van der Waals surface area contributed by atoms with Crippen LogP contribution >= 0.6 is 0 Å². The molecule has 108 valence electrons. The second kappa shape index (κ2) is 4.72. The minimum Gasteiger partial charge on any atom is -0.406 e. The fourth-order valence-corrected chi connectivity index (χ4v) is 1.82. The first kappa shape index (κ1) is 13.3. The predicted molar refractivity (Wildman–Crippen MR) is 68.5 cm³/mol. The van der Waals surface area contributed by atoms with E-state index in [9.17, 15) is 13.2 Å². The lowest BCUT2D eigenvalue weighted by molar-refractivity contribution is -0.274. The molecular formula is C13H9F3N4O. The zero-order chi connectivity index (χ0) is 15.0. The number of ether oxygens (including phenoxy) is 1. The maximum absolute atomic E-state index is 12.2. The number of imidazole rings is 1. The molecule has 1 aromatic carbocycles. The lowest BCUT2D eigenvalue weighted by Gasteiger charge is -2.07. The normalized spacial score (nSPS) is 11.8. The van der Waals surface area contributed by atoms with Crippen LogP contribution < -0.4 is 4.74 Å². The summed E-state index contributed by atoms with van der Waals surface area (Å²) < 4.78 is 40.4. The summed E-state index contributed by atoms with van der Waals surface area (Å²) in [4.78, 5) is 15.4. The van der Waals surface area contributed by atoms with E-state index in [1.54, 1.807) is 19.3 Å². The van der Waals surface area contributed by atoms with Crippen molar-refractivity contribution < 1.29 is 17.9 Å². The maximum Gasteiger partial charge on any atom is 0.573 e. The van der Waals surface area contributed by atoms with Crippen LogP contribution in [0, 0.1) is 6.92 Å². The van der Waals surface area contributed by atoms with Gasteiger partial charge in [0.25, 0.3) is 0 Å². The predicted octanol–water partition coefficient (Wildman–Crippen LogP) is 3.23. The van der Waals surface area contributed by atoms with Crippen LogP contribution in [0.2, 0.25) is 0 Å². The number of aryl methyl sites for hydroxylation is 1. The van der Waals surface area contributed by atoms with Gasteiger partial charge in [-0.3, -0.25) is 4.98 Å². The molecule has 0 unspecified atom stereocenters. The van der Waals surface area contributed by atoms with Crippen molar-refractivity contribution in [2.45, 2.75) is 13.3 Å². The fourth-order valence-electron chi connectivity index (χ4n) is 1.82. The van der Waals surface area contributed by atoms with Crippen molar-refractivity contribution in [2.24, 2.45) is 0 Å². The number of aromatic nitrogens is 4. The average Bonchev–Trinajstić information content (AvgIpc) is 2.80. The standard InChI is InChI=1S/C13H9F3N4O/c1-7-5-18-11(6-17-7)12-19-9-3-2-8(4-10(9)20-12)21-13(14,15)16/h2-6H,1H3,(H,19,20). The molecule has 2 heterocycles. The summed E-state index contributed by atoms with van der Waals surface area (Å²) in [7, 11) is 0. The van der Waals surface area contributed by atoms with E-state index < -0.39 is 6.36 Å². The van der Waals surface area contributed by atoms with Crippen molar-refractivity contribution in [3.05, 3.63) is 36.3 Å². The number of H-pyrrole nitrogens is 1. The molecule has 3 aromatic rings. The number of alkyl halides is 3. The van der Waals surface area contributed by atoms with E-state index in [1.165, 1.54) is 18.2 Å². The summed E-state index contributed by atoms with van der Waals surface area (Å²) in [6, 6.07) is 3.89. The Balaban J connectivity index is 1.98. The highest BCUT2D eigenvalue weighted by Gasteiger charge is 2.31. The molecule has 0 radical (unpaired) electrons. The summed E-state index contributed by atoms with van der Waals surface area (Å²) in [5, 5.41) is 0. The van der Waals surface area contributed by atoms with E-state index in [4.69, 9.17) is 0 Å². The molecule has 0 aliphatic rings. The van der Waals surface area contributed by atoms with Crippen LogP contribution in [0.25, 0.3) is 22.6 Å². The molecule has 2 aromatic heterocycles. The molecule has 5 nitrogen and oxygen atoms in total. The van der Waals surface area contributed by atoms with Gasteiger partial charge in [0.15, 0.2) is 5.82 Å². The fraction of sp³-hybridized carbons (Fsp3) is 0.154. The maximum atomic E-state index is 12.2. The molecule has 0 saturated heterocycles. The third-order valence-electron chi connectivity index (χ3n) is 2.71. The molecule has 1 N–H and O–H groups in total. The average molecular weight is 294 g/mol. The van der Waals surface area contributed by atoms with Crippen LogP contribution in [-0.2, 0) is 0 Å². The van der Waals surface area contributed by atoms with E-state index in [1.807, 2.05) is 0 Å². The Hall–Kier alpha value is -2.64. The summed E-state index contributed by atoms with van der Waals surface area (Å²) in [5.74, 6) is 0.127. The van der Waals surface area contributed by atoms with E-state index in [0.717, 1.165) is 5.69 Å². The minimum absolute atomic E-state index is 0.305. The molecule has 0 fully saturated rings. The van der Waals surface area contributed by atoms with Crippen LogP contribution in [0.3, 0.4) is 0 Å². The van der Waals surface area contributed by atoms with Crippen LogP contribution in [0.5, 0.6) is 5.75 Å². The van der Waals surface area contributed by atoms with Gasteiger partial charge in [-0.25, -0.2) is 9.97 Å². The summed E-state index contributed by atoms with van der Waals surface area (Å²) in [6.45, 7) is 1.80. The molecule has 0 saturated carbocycles. The van der Waals surface area contributed by atoms with Crippen LogP contribution in [-0.4, -0.2) is 26.3 Å². The second-order valence-corrected chi connectivity index (χ2v) is 4.36. The number of fused-ring (bicyclic) bond motifs is 1. The number of hydrogen-bond acceptors (Lipinski definition) is 4. The lowest BCUT2D eigenvalue weighted by Crippen LogP contribution is -2.16. The molecule has 0 aliphatic heterocycles. The van der Waals surface area contributed by atoms with Gasteiger partial charge in [-0.2, -0.15) is 0 Å². The molecule has 8 heteroatoms. The zero-order valence-corrected chi connectivity index (χ0v) is 10.8. The number of halogens is 3. The van der Waals surface area contributed by atoms with Crippen LogP contribution in [0.1, 0.15) is 5.69 Å². The number of nitrogens with zero attached hydrogens (tertiary/aromatic N) is 3. The Morgan fingerprint density at radius 2 is 1.95 bits per heavy atom. The first-order valence-corrected chi connectivity index (χ1v) is 5.95. The molecule has 0 aliphatic carbocycles. The van der Waals surface area contributed by atoms with Crippen LogP contribution in [0.4, 0.5) is 13.2 Å². The van der Waals surface area contributed by atoms with Gasteiger partial charge in [0.2, 0.25) is 0 Å². The van der Waals surface area contributed by atoms with E-state index in [2.05, 4.69) is 24.7 Å². The number of hydrogen-bond donors (Lipinski definition) is 1. The van der Waals surface area contributed by atoms with Crippen molar-refractivity contribution in [1.82, 2.24) is 19.9 Å². The lowest BCUT2D eigenvalue weighted by atomic mass is 10.3. The van der Waals surface area contributed by atoms with Crippen molar-refractivity contribution in [3.63, 3.8) is 0 Å². The highest BCUT2D eigenvalue weighted by atomic mass is 19.4. The zero-order valence-electron chi connectivity index (χ0n) is 10.8. The van der Waals surface area contributed by atoms with Gasteiger partial charge in [0, 0.05) is 12.3 Å². The Labute approximate surface area is 116 Å². The highest BCUT2D eigenvalue weighted by Crippen LogP contribution is 2.26. The Morgan fingerprint density at radius 3 is 2.62 bits per heavy atom. The van der Waals surface area contributed by atoms with E-state index >= 15 is 0 Å². The van der Waals surface area contributed by atoms with Gasteiger partial charge in [0.1, 0.15) is 11.4 Å². The summed E-state index contributed by atoms with van der Waals surface area (Å²) in [5.41, 5.74) is 2.21. The topological polar surface area (TPSA) is 63.7 Å². The van der Waals surface area contributed by atoms with Gasteiger partial charge in [0.05, 0.1) is 22.9 Å². The molecule has 0 amide bonds. The van der Waals surface area contributed by atoms with Crippen molar-refractivity contribution in [2.75, 3.05) is 0 Å². The number of benzene rings is 1. The van der Waals surface area contributed by atoms with Gasteiger partial charge in [-0.1, -0.05) is 0 Å².